The zero-order valence-corrected chi connectivity index (χ0v) is 19.6. The molecule has 0 radical (unpaired) electrons. The maximum atomic E-state index is 13.9. The van der Waals surface area contributed by atoms with Crippen molar-refractivity contribution in [3.63, 3.8) is 0 Å². The van der Waals surface area contributed by atoms with Crippen molar-refractivity contribution >= 4 is 44.9 Å². The summed E-state index contributed by atoms with van der Waals surface area (Å²) in [6, 6.07) is 15.4. The maximum Gasteiger partial charge on any atom is 0.267 e. The summed E-state index contributed by atoms with van der Waals surface area (Å²) in [7, 11) is 0. The predicted octanol–water partition coefficient (Wildman–Crippen LogP) is 5.44. The van der Waals surface area contributed by atoms with Crippen molar-refractivity contribution in [1.29, 1.82) is 0 Å². The number of hydrogen-bond donors (Lipinski definition) is 1. The molecule has 0 saturated carbocycles. The van der Waals surface area contributed by atoms with Crippen LogP contribution >= 0.6 is 23.1 Å². The van der Waals surface area contributed by atoms with Gasteiger partial charge in [-0.25, -0.2) is 9.37 Å². The van der Waals surface area contributed by atoms with Crippen LogP contribution in [0.1, 0.15) is 23.8 Å². The second-order valence-electron chi connectivity index (χ2n) is 8.22. The van der Waals surface area contributed by atoms with Gasteiger partial charge in [-0.3, -0.25) is 14.2 Å². The molecule has 2 aromatic carbocycles. The number of amides is 1. The van der Waals surface area contributed by atoms with E-state index in [1.165, 1.54) is 28.8 Å². The van der Waals surface area contributed by atoms with Crippen molar-refractivity contribution in [2.45, 2.75) is 31.3 Å². The number of anilines is 1. The van der Waals surface area contributed by atoms with E-state index in [0.29, 0.717) is 22.1 Å². The molecule has 1 amide bonds. The van der Waals surface area contributed by atoms with Crippen LogP contribution in [0.25, 0.3) is 15.9 Å². The molecule has 0 saturated heterocycles. The lowest BCUT2D eigenvalue weighted by molar-refractivity contribution is -0.113. The summed E-state index contributed by atoms with van der Waals surface area (Å²) in [6.07, 6.45) is 2.92. The Morgan fingerprint density at radius 3 is 2.76 bits per heavy atom. The van der Waals surface area contributed by atoms with E-state index in [-0.39, 0.29) is 22.9 Å². The van der Waals surface area contributed by atoms with Gasteiger partial charge < -0.3 is 5.32 Å². The van der Waals surface area contributed by atoms with E-state index < -0.39 is 5.82 Å². The molecule has 4 aromatic rings. The van der Waals surface area contributed by atoms with Crippen LogP contribution in [0.15, 0.2) is 64.5 Å². The molecule has 0 aliphatic heterocycles. The van der Waals surface area contributed by atoms with Crippen LogP contribution in [0.2, 0.25) is 0 Å². The minimum absolute atomic E-state index is 0.00123. The van der Waals surface area contributed by atoms with Gasteiger partial charge in [-0.05, 0) is 55.0 Å². The van der Waals surface area contributed by atoms with Crippen LogP contribution < -0.4 is 10.9 Å². The largest absolute Gasteiger partial charge is 0.323 e. The third-order valence-electron chi connectivity index (χ3n) is 5.79. The summed E-state index contributed by atoms with van der Waals surface area (Å²) in [6.45, 7) is 2.23. The van der Waals surface area contributed by atoms with Crippen molar-refractivity contribution < 1.29 is 9.18 Å². The third kappa shape index (κ3) is 4.32. The normalized spacial score (nSPS) is 15.4. The summed E-state index contributed by atoms with van der Waals surface area (Å²) in [5.74, 6) is -0.257. The topological polar surface area (TPSA) is 64.0 Å². The van der Waals surface area contributed by atoms with E-state index in [2.05, 4.69) is 12.2 Å². The van der Waals surface area contributed by atoms with E-state index in [1.54, 1.807) is 28.0 Å². The molecule has 1 atom stereocenters. The molecule has 5 rings (SSSR count). The first-order valence-electron chi connectivity index (χ1n) is 10.8. The zero-order valence-electron chi connectivity index (χ0n) is 18.0. The number of aryl methyl sites for hydroxylation is 1. The lowest BCUT2D eigenvalue weighted by Gasteiger charge is -2.17. The SMILES string of the molecule is C[C@H]1CCc2c(sc3nc(SCC(=O)Nc4ccccc4F)n(-c4ccccc4)c(=O)c23)C1. The average molecular weight is 480 g/mol. The molecule has 0 spiro atoms. The Balaban J connectivity index is 1.52. The first kappa shape index (κ1) is 21.9. The van der Waals surface area contributed by atoms with E-state index in [4.69, 9.17) is 4.98 Å². The van der Waals surface area contributed by atoms with Crippen LogP contribution in [0.4, 0.5) is 10.1 Å². The van der Waals surface area contributed by atoms with Crippen molar-refractivity contribution in [1.82, 2.24) is 9.55 Å². The van der Waals surface area contributed by atoms with Gasteiger partial charge in [0, 0.05) is 4.88 Å². The second kappa shape index (κ2) is 9.11. The molecule has 0 bridgehead atoms. The number of thiophene rings is 1. The van der Waals surface area contributed by atoms with Crippen LogP contribution in [-0.4, -0.2) is 21.2 Å². The van der Waals surface area contributed by atoms with Crippen LogP contribution in [-0.2, 0) is 17.6 Å². The molecule has 5 nitrogen and oxygen atoms in total. The number of halogens is 1. The zero-order chi connectivity index (χ0) is 22.9. The highest BCUT2D eigenvalue weighted by atomic mass is 32.2. The van der Waals surface area contributed by atoms with Crippen molar-refractivity contribution in [2.75, 3.05) is 11.1 Å². The van der Waals surface area contributed by atoms with Crippen LogP contribution in [0, 0.1) is 11.7 Å². The Labute approximate surface area is 198 Å². The van der Waals surface area contributed by atoms with Crippen LogP contribution in [0.3, 0.4) is 0 Å². The number of rotatable bonds is 5. The monoisotopic (exact) mass is 479 g/mol. The summed E-state index contributed by atoms with van der Waals surface area (Å²) in [4.78, 5) is 33.0. The summed E-state index contributed by atoms with van der Waals surface area (Å²) >= 11 is 2.76. The number of carbonyl (C=O) groups excluding carboxylic acids is 1. The number of aromatic nitrogens is 2. The summed E-state index contributed by atoms with van der Waals surface area (Å²) < 4.78 is 15.5. The van der Waals surface area contributed by atoms with Gasteiger partial charge in [-0.15, -0.1) is 11.3 Å². The van der Waals surface area contributed by atoms with Gasteiger partial charge in [0.25, 0.3) is 5.56 Å². The number of fused-ring (bicyclic) bond motifs is 3. The lowest BCUT2D eigenvalue weighted by Crippen LogP contribution is -2.23. The van der Waals surface area contributed by atoms with Gasteiger partial charge in [0.15, 0.2) is 5.16 Å². The Hall–Kier alpha value is -2.97. The molecule has 168 valence electrons. The number of hydrogen-bond acceptors (Lipinski definition) is 5. The standard InChI is InChI=1S/C25H22FN3O2S2/c1-15-11-12-17-20(13-15)33-23-22(17)24(31)29(16-7-3-2-4-8-16)25(28-23)32-14-21(30)27-19-10-6-5-9-18(19)26/h2-10,15H,11-14H2,1H3,(H,27,30)/t15-/m0/s1. The molecular weight excluding hydrogens is 457 g/mol. The molecule has 1 N–H and O–H groups in total. The fourth-order valence-corrected chi connectivity index (χ4v) is 6.39. The number of carbonyl (C=O) groups is 1. The van der Waals surface area contributed by atoms with Gasteiger partial charge >= 0.3 is 0 Å². The quantitative estimate of drug-likeness (QED) is 0.306. The Bertz CT molecular complexity index is 1400. The van der Waals surface area contributed by atoms with Crippen molar-refractivity contribution in [3.05, 3.63) is 81.2 Å². The van der Waals surface area contributed by atoms with Crippen molar-refractivity contribution in [2.24, 2.45) is 5.92 Å². The number of benzene rings is 2. The molecule has 0 fully saturated rings. The van der Waals surface area contributed by atoms with E-state index in [9.17, 15) is 14.0 Å². The third-order valence-corrected chi connectivity index (χ3v) is 7.88. The fraction of sp³-hybridized carbons (Fsp3) is 0.240. The maximum absolute atomic E-state index is 13.9. The van der Waals surface area contributed by atoms with Crippen LogP contribution in [0.5, 0.6) is 0 Å². The minimum atomic E-state index is -0.491. The number of nitrogens with zero attached hydrogens (tertiary/aromatic N) is 2. The van der Waals surface area contributed by atoms with E-state index in [0.717, 1.165) is 29.7 Å². The predicted molar refractivity (Wildman–Crippen MR) is 132 cm³/mol. The number of nitrogens with one attached hydrogen (secondary N) is 1. The number of para-hydroxylation sites is 2. The van der Waals surface area contributed by atoms with Gasteiger partial charge in [0.05, 0.1) is 22.5 Å². The fourth-order valence-electron chi connectivity index (χ4n) is 4.15. The average Bonchev–Trinajstić information content (AvgIpc) is 3.17. The van der Waals surface area contributed by atoms with Crippen molar-refractivity contribution in [3.8, 4) is 5.69 Å². The summed E-state index contributed by atoms with van der Waals surface area (Å²) in [5, 5.41) is 3.74. The highest BCUT2D eigenvalue weighted by Gasteiger charge is 2.25. The first-order chi connectivity index (χ1) is 16.0. The molecule has 1 aliphatic rings. The highest BCUT2D eigenvalue weighted by Crippen LogP contribution is 2.37. The molecule has 8 heteroatoms. The van der Waals surface area contributed by atoms with Gasteiger partial charge in [0.2, 0.25) is 5.91 Å². The Kier molecular flexibility index (Phi) is 6.03. The highest BCUT2D eigenvalue weighted by molar-refractivity contribution is 7.99. The number of thioether (sulfide) groups is 1. The van der Waals surface area contributed by atoms with E-state index in [1.807, 2.05) is 30.3 Å². The Morgan fingerprint density at radius 1 is 1.21 bits per heavy atom. The molecule has 0 unspecified atom stereocenters. The smallest absolute Gasteiger partial charge is 0.267 e. The Morgan fingerprint density at radius 2 is 1.97 bits per heavy atom. The van der Waals surface area contributed by atoms with Gasteiger partial charge in [-0.1, -0.05) is 49.0 Å². The van der Waals surface area contributed by atoms with E-state index >= 15 is 0 Å². The first-order valence-corrected chi connectivity index (χ1v) is 12.6. The molecule has 33 heavy (non-hydrogen) atoms. The summed E-state index contributed by atoms with van der Waals surface area (Å²) in [5.41, 5.74) is 1.87. The van der Waals surface area contributed by atoms with Gasteiger partial charge in [0.1, 0.15) is 10.6 Å². The molecule has 2 aromatic heterocycles. The molecular formula is C25H22FN3O2S2. The second-order valence-corrected chi connectivity index (χ2v) is 10.2. The molecule has 2 heterocycles. The van der Waals surface area contributed by atoms with Gasteiger partial charge in [-0.2, -0.15) is 0 Å². The molecule has 1 aliphatic carbocycles. The minimum Gasteiger partial charge on any atom is -0.323 e. The lowest BCUT2D eigenvalue weighted by atomic mass is 9.89.